The van der Waals surface area contributed by atoms with E-state index in [1.807, 2.05) is 6.92 Å². The van der Waals surface area contributed by atoms with Crippen molar-refractivity contribution in [2.24, 2.45) is 5.73 Å². The van der Waals surface area contributed by atoms with Crippen LogP contribution in [0.3, 0.4) is 0 Å². The molecule has 0 bridgehead atoms. The van der Waals surface area contributed by atoms with Crippen molar-refractivity contribution in [3.63, 3.8) is 0 Å². The Morgan fingerprint density at radius 2 is 2.21 bits per heavy atom. The molecular weight excluding hydrogens is 178 g/mol. The highest BCUT2D eigenvalue weighted by Crippen LogP contribution is 2.04. The molecule has 0 aliphatic carbocycles. The average molecular weight is 195 g/mol. The maximum absolute atomic E-state index is 11.6. The Morgan fingerprint density at radius 1 is 1.50 bits per heavy atom. The second kappa shape index (κ2) is 4.91. The molecule has 0 aromatic carbocycles. The van der Waals surface area contributed by atoms with Crippen molar-refractivity contribution in [2.75, 3.05) is 6.54 Å². The third-order valence-electron chi connectivity index (χ3n) is 2.19. The lowest BCUT2D eigenvalue weighted by Crippen LogP contribution is -2.19. The molecule has 0 atom stereocenters. The van der Waals surface area contributed by atoms with Gasteiger partial charge in [-0.25, -0.2) is 4.98 Å². The SMILES string of the molecule is CCc1nc(C)[nH]c(=O)c1CCCN. The first-order valence-electron chi connectivity index (χ1n) is 4.97. The zero-order chi connectivity index (χ0) is 10.6. The minimum Gasteiger partial charge on any atom is -0.330 e. The van der Waals surface area contributed by atoms with Gasteiger partial charge in [0, 0.05) is 5.56 Å². The lowest BCUT2D eigenvalue weighted by Gasteiger charge is -2.05. The van der Waals surface area contributed by atoms with Crippen LogP contribution in [0.1, 0.15) is 30.4 Å². The molecule has 0 radical (unpaired) electrons. The summed E-state index contributed by atoms with van der Waals surface area (Å²) >= 11 is 0. The van der Waals surface area contributed by atoms with Crippen LogP contribution < -0.4 is 11.3 Å². The minimum atomic E-state index is -0.0113. The largest absolute Gasteiger partial charge is 0.330 e. The first kappa shape index (κ1) is 10.9. The Bertz CT molecular complexity index is 357. The van der Waals surface area contributed by atoms with Crippen LogP contribution in [-0.2, 0) is 12.8 Å². The molecule has 4 nitrogen and oxygen atoms in total. The van der Waals surface area contributed by atoms with Crippen LogP contribution in [0.25, 0.3) is 0 Å². The molecule has 1 aromatic heterocycles. The molecule has 0 unspecified atom stereocenters. The summed E-state index contributed by atoms with van der Waals surface area (Å²) in [4.78, 5) is 18.6. The van der Waals surface area contributed by atoms with Crippen LogP contribution in [0.5, 0.6) is 0 Å². The zero-order valence-electron chi connectivity index (χ0n) is 8.76. The van der Waals surface area contributed by atoms with Crippen molar-refractivity contribution in [1.29, 1.82) is 0 Å². The Labute approximate surface area is 83.6 Å². The minimum absolute atomic E-state index is 0.0113. The molecule has 0 saturated heterocycles. The van der Waals surface area contributed by atoms with Crippen molar-refractivity contribution < 1.29 is 0 Å². The summed E-state index contributed by atoms with van der Waals surface area (Å²) in [5.74, 6) is 0.684. The second-order valence-electron chi connectivity index (χ2n) is 3.32. The van der Waals surface area contributed by atoms with E-state index in [9.17, 15) is 4.79 Å². The average Bonchev–Trinajstić information content (AvgIpc) is 2.15. The second-order valence-corrected chi connectivity index (χ2v) is 3.32. The fraction of sp³-hybridized carbons (Fsp3) is 0.600. The van der Waals surface area contributed by atoms with Gasteiger partial charge in [0.05, 0.1) is 5.69 Å². The maximum atomic E-state index is 11.6. The van der Waals surface area contributed by atoms with E-state index in [4.69, 9.17) is 5.73 Å². The molecule has 1 aromatic rings. The fourth-order valence-corrected chi connectivity index (χ4v) is 1.50. The standard InChI is InChI=1S/C10H17N3O/c1-3-9-8(5-4-6-11)10(14)13-7(2)12-9/h3-6,11H2,1-2H3,(H,12,13,14). The highest BCUT2D eigenvalue weighted by atomic mass is 16.1. The predicted molar refractivity (Wildman–Crippen MR) is 56.3 cm³/mol. The van der Waals surface area contributed by atoms with Gasteiger partial charge in [-0.2, -0.15) is 0 Å². The molecule has 3 N–H and O–H groups in total. The summed E-state index contributed by atoms with van der Waals surface area (Å²) in [5.41, 5.74) is 7.10. The number of nitrogens with zero attached hydrogens (tertiary/aromatic N) is 1. The Morgan fingerprint density at radius 3 is 2.79 bits per heavy atom. The molecule has 0 aliphatic rings. The topological polar surface area (TPSA) is 71.8 Å². The normalized spacial score (nSPS) is 10.5. The van der Waals surface area contributed by atoms with E-state index in [0.29, 0.717) is 12.4 Å². The third-order valence-corrected chi connectivity index (χ3v) is 2.19. The number of aromatic nitrogens is 2. The van der Waals surface area contributed by atoms with E-state index < -0.39 is 0 Å². The van der Waals surface area contributed by atoms with E-state index in [-0.39, 0.29) is 5.56 Å². The van der Waals surface area contributed by atoms with E-state index >= 15 is 0 Å². The summed E-state index contributed by atoms with van der Waals surface area (Å²) in [6.45, 7) is 4.41. The van der Waals surface area contributed by atoms with Crippen LogP contribution in [0.2, 0.25) is 0 Å². The zero-order valence-corrected chi connectivity index (χ0v) is 8.76. The first-order chi connectivity index (χ1) is 6.69. The summed E-state index contributed by atoms with van der Waals surface area (Å²) < 4.78 is 0. The first-order valence-corrected chi connectivity index (χ1v) is 4.97. The number of nitrogens with one attached hydrogen (secondary N) is 1. The van der Waals surface area contributed by atoms with Gasteiger partial charge in [0.2, 0.25) is 0 Å². The summed E-state index contributed by atoms with van der Waals surface area (Å²) in [7, 11) is 0. The van der Waals surface area contributed by atoms with Gasteiger partial charge in [-0.15, -0.1) is 0 Å². The number of nitrogens with two attached hydrogens (primary N) is 1. The maximum Gasteiger partial charge on any atom is 0.254 e. The molecule has 0 amide bonds. The van der Waals surface area contributed by atoms with Gasteiger partial charge in [0.15, 0.2) is 0 Å². The van der Waals surface area contributed by atoms with Gasteiger partial charge >= 0.3 is 0 Å². The third kappa shape index (κ3) is 2.42. The number of H-pyrrole nitrogens is 1. The smallest absolute Gasteiger partial charge is 0.254 e. The van der Waals surface area contributed by atoms with Crippen LogP contribution >= 0.6 is 0 Å². The highest BCUT2D eigenvalue weighted by Gasteiger charge is 2.07. The summed E-state index contributed by atoms with van der Waals surface area (Å²) in [6.07, 6.45) is 2.35. The van der Waals surface area contributed by atoms with Gasteiger partial charge in [0.25, 0.3) is 5.56 Å². The van der Waals surface area contributed by atoms with E-state index in [0.717, 1.165) is 30.5 Å². The number of hydrogen-bond acceptors (Lipinski definition) is 3. The number of hydrogen-bond donors (Lipinski definition) is 2. The van der Waals surface area contributed by atoms with Crippen molar-refractivity contribution in [3.05, 3.63) is 27.4 Å². The quantitative estimate of drug-likeness (QED) is 0.736. The molecule has 1 heterocycles. The molecule has 4 heteroatoms. The molecule has 0 spiro atoms. The Kier molecular flexibility index (Phi) is 3.83. The van der Waals surface area contributed by atoms with E-state index in [1.54, 1.807) is 6.92 Å². The Hall–Kier alpha value is -1.16. The lowest BCUT2D eigenvalue weighted by molar-refractivity contribution is 0.785. The van der Waals surface area contributed by atoms with Crippen molar-refractivity contribution in [1.82, 2.24) is 9.97 Å². The van der Waals surface area contributed by atoms with Crippen LogP contribution in [0.4, 0.5) is 0 Å². The number of aryl methyl sites for hydroxylation is 2. The van der Waals surface area contributed by atoms with E-state index in [2.05, 4.69) is 9.97 Å². The lowest BCUT2D eigenvalue weighted by atomic mass is 10.1. The molecule has 78 valence electrons. The van der Waals surface area contributed by atoms with Gasteiger partial charge in [-0.1, -0.05) is 6.92 Å². The van der Waals surface area contributed by atoms with Crippen molar-refractivity contribution in [2.45, 2.75) is 33.1 Å². The molecular formula is C10H17N3O. The molecule has 0 fully saturated rings. The fourth-order valence-electron chi connectivity index (χ4n) is 1.50. The highest BCUT2D eigenvalue weighted by molar-refractivity contribution is 5.18. The Balaban J connectivity index is 3.06. The van der Waals surface area contributed by atoms with Gasteiger partial charge < -0.3 is 10.7 Å². The van der Waals surface area contributed by atoms with Gasteiger partial charge in [-0.3, -0.25) is 4.79 Å². The monoisotopic (exact) mass is 195 g/mol. The molecule has 0 saturated carbocycles. The van der Waals surface area contributed by atoms with E-state index in [1.165, 1.54) is 0 Å². The summed E-state index contributed by atoms with van der Waals surface area (Å²) in [6, 6.07) is 0. The van der Waals surface area contributed by atoms with Crippen LogP contribution in [-0.4, -0.2) is 16.5 Å². The molecule has 14 heavy (non-hydrogen) atoms. The molecule has 1 rings (SSSR count). The van der Waals surface area contributed by atoms with Crippen LogP contribution in [0.15, 0.2) is 4.79 Å². The van der Waals surface area contributed by atoms with Gasteiger partial charge in [-0.05, 0) is 32.7 Å². The number of rotatable bonds is 4. The predicted octanol–water partition coefficient (Wildman–Crippen LogP) is 0.532. The van der Waals surface area contributed by atoms with Gasteiger partial charge in [0.1, 0.15) is 5.82 Å². The van der Waals surface area contributed by atoms with Crippen molar-refractivity contribution in [3.8, 4) is 0 Å². The summed E-state index contributed by atoms with van der Waals surface area (Å²) in [5, 5.41) is 0. The number of aromatic amines is 1. The van der Waals surface area contributed by atoms with Crippen LogP contribution in [0, 0.1) is 6.92 Å². The van der Waals surface area contributed by atoms with Crippen molar-refractivity contribution >= 4 is 0 Å². The molecule has 0 aliphatic heterocycles.